The van der Waals surface area contributed by atoms with E-state index in [1.165, 1.54) is 6.92 Å². The molecule has 24 heavy (non-hydrogen) atoms. The fourth-order valence-corrected chi connectivity index (χ4v) is 3.29. The summed E-state index contributed by atoms with van der Waals surface area (Å²) in [7, 11) is 3.33. The number of ketones is 1. The second-order valence-electron chi connectivity index (χ2n) is 5.80. The highest BCUT2D eigenvalue weighted by atomic mass is 79.9. The summed E-state index contributed by atoms with van der Waals surface area (Å²) in [5, 5.41) is 0. The summed E-state index contributed by atoms with van der Waals surface area (Å²) in [4.78, 5) is 29.2. The molecule has 0 bridgehead atoms. The molecular formula is C18H21BrN2O3. The molecule has 5 nitrogen and oxygen atoms in total. The van der Waals surface area contributed by atoms with Crippen LogP contribution >= 0.6 is 15.9 Å². The number of carbonyl (C=O) groups excluding carboxylic acids is 2. The predicted molar refractivity (Wildman–Crippen MR) is 96.8 cm³/mol. The number of carbonyl (C=O) groups is 2. The zero-order chi connectivity index (χ0) is 18.0. The number of halogens is 1. The van der Waals surface area contributed by atoms with Crippen LogP contribution in [0.1, 0.15) is 44.6 Å². The van der Waals surface area contributed by atoms with E-state index in [1.54, 1.807) is 32.9 Å². The number of ether oxygens (including phenoxy) is 1. The molecule has 1 heterocycles. The van der Waals surface area contributed by atoms with Gasteiger partial charge in [-0.15, -0.1) is 0 Å². The van der Waals surface area contributed by atoms with Crippen molar-refractivity contribution in [2.75, 3.05) is 14.2 Å². The standard InChI is InChI=1S/C18H21BrN2O3/c1-10-16(12(3)22)11(2)20-17(10)18(23)21(4)9-13-8-14(19)6-7-15(13)24-5/h6-8,20H,9H2,1-5H3. The molecule has 0 fully saturated rings. The fourth-order valence-electron chi connectivity index (χ4n) is 2.88. The molecule has 1 aromatic heterocycles. The fraction of sp³-hybridized carbons (Fsp3) is 0.333. The van der Waals surface area contributed by atoms with Gasteiger partial charge in [0.1, 0.15) is 11.4 Å². The number of amides is 1. The third kappa shape index (κ3) is 3.53. The van der Waals surface area contributed by atoms with Gasteiger partial charge < -0.3 is 14.6 Å². The van der Waals surface area contributed by atoms with Crippen LogP contribution in [0.4, 0.5) is 0 Å². The molecule has 0 radical (unpaired) electrons. The lowest BCUT2D eigenvalue weighted by Crippen LogP contribution is -2.27. The minimum atomic E-state index is -0.162. The van der Waals surface area contributed by atoms with Gasteiger partial charge in [0, 0.05) is 34.9 Å². The molecule has 0 spiro atoms. The Balaban J connectivity index is 2.30. The second-order valence-corrected chi connectivity index (χ2v) is 6.71. The summed E-state index contributed by atoms with van der Waals surface area (Å²) >= 11 is 3.44. The molecule has 2 rings (SSSR count). The normalized spacial score (nSPS) is 10.6. The molecule has 1 aromatic carbocycles. The molecule has 6 heteroatoms. The van der Waals surface area contributed by atoms with E-state index in [9.17, 15) is 9.59 Å². The molecule has 0 saturated heterocycles. The largest absolute Gasteiger partial charge is 0.496 e. The molecular weight excluding hydrogens is 372 g/mol. The van der Waals surface area contributed by atoms with Gasteiger partial charge in [-0.3, -0.25) is 9.59 Å². The lowest BCUT2D eigenvalue weighted by atomic mass is 10.1. The summed E-state index contributed by atoms with van der Waals surface area (Å²) in [6.07, 6.45) is 0. The summed E-state index contributed by atoms with van der Waals surface area (Å²) in [6.45, 7) is 5.50. The zero-order valence-corrected chi connectivity index (χ0v) is 16.1. The van der Waals surface area contributed by atoms with Crippen LogP contribution in [0.5, 0.6) is 5.75 Å². The van der Waals surface area contributed by atoms with E-state index in [0.717, 1.165) is 21.5 Å². The van der Waals surface area contributed by atoms with Crippen LogP contribution in [0.25, 0.3) is 0 Å². The molecule has 0 saturated carbocycles. The quantitative estimate of drug-likeness (QED) is 0.785. The number of methoxy groups -OCH3 is 1. The zero-order valence-electron chi connectivity index (χ0n) is 14.5. The number of hydrogen-bond acceptors (Lipinski definition) is 3. The van der Waals surface area contributed by atoms with E-state index < -0.39 is 0 Å². The molecule has 0 aliphatic heterocycles. The first kappa shape index (κ1) is 18.3. The highest BCUT2D eigenvalue weighted by molar-refractivity contribution is 9.10. The molecule has 0 atom stereocenters. The minimum Gasteiger partial charge on any atom is -0.496 e. The van der Waals surface area contributed by atoms with Crippen LogP contribution in [0.15, 0.2) is 22.7 Å². The van der Waals surface area contributed by atoms with Crippen molar-refractivity contribution in [2.24, 2.45) is 0 Å². The smallest absolute Gasteiger partial charge is 0.270 e. The van der Waals surface area contributed by atoms with E-state index in [-0.39, 0.29) is 11.7 Å². The van der Waals surface area contributed by atoms with E-state index in [1.807, 2.05) is 18.2 Å². The number of hydrogen-bond donors (Lipinski definition) is 1. The van der Waals surface area contributed by atoms with Crippen molar-refractivity contribution in [3.05, 3.63) is 50.8 Å². The number of benzene rings is 1. The Kier molecular flexibility index (Phi) is 5.49. The maximum Gasteiger partial charge on any atom is 0.270 e. The topological polar surface area (TPSA) is 62.4 Å². The van der Waals surface area contributed by atoms with E-state index in [4.69, 9.17) is 4.74 Å². The summed E-state index contributed by atoms with van der Waals surface area (Å²) < 4.78 is 6.28. The summed E-state index contributed by atoms with van der Waals surface area (Å²) in [5.41, 5.74) is 3.35. The first-order valence-electron chi connectivity index (χ1n) is 7.54. The lowest BCUT2D eigenvalue weighted by Gasteiger charge is -2.19. The average molecular weight is 393 g/mol. The Morgan fingerprint density at radius 2 is 1.96 bits per heavy atom. The van der Waals surface area contributed by atoms with Gasteiger partial charge in [-0.05, 0) is 44.5 Å². The molecule has 0 aliphatic carbocycles. The summed E-state index contributed by atoms with van der Waals surface area (Å²) in [6, 6.07) is 5.67. The van der Waals surface area contributed by atoms with Gasteiger partial charge in [-0.25, -0.2) is 0 Å². The summed E-state index contributed by atoms with van der Waals surface area (Å²) in [5.74, 6) is 0.517. The van der Waals surface area contributed by atoms with Crippen LogP contribution in [0.3, 0.4) is 0 Å². The molecule has 0 aliphatic rings. The highest BCUT2D eigenvalue weighted by Gasteiger charge is 2.22. The van der Waals surface area contributed by atoms with Crippen molar-refractivity contribution in [3.8, 4) is 5.75 Å². The third-order valence-corrected chi connectivity index (χ3v) is 4.49. The molecule has 2 aromatic rings. The van der Waals surface area contributed by atoms with Gasteiger partial charge in [0.25, 0.3) is 5.91 Å². The van der Waals surface area contributed by atoms with Crippen molar-refractivity contribution in [2.45, 2.75) is 27.3 Å². The van der Waals surface area contributed by atoms with Gasteiger partial charge in [-0.2, -0.15) is 0 Å². The monoisotopic (exact) mass is 392 g/mol. The van der Waals surface area contributed by atoms with Crippen molar-refractivity contribution >= 4 is 27.6 Å². The molecule has 128 valence electrons. The van der Waals surface area contributed by atoms with Crippen LogP contribution in [-0.2, 0) is 6.54 Å². The molecule has 0 unspecified atom stereocenters. The Morgan fingerprint density at radius 3 is 2.50 bits per heavy atom. The Bertz CT molecular complexity index is 796. The number of nitrogens with zero attached hydrogens (tertiary/aromatic N) is 1. The first-order chi connectivity index (χ1) is 11.3. The average Bonchev–Trinajstić information content (AvgIpc) is 2.81. The molecule has 1 amide bonds. The third-order valence-electron chi connectivity index (χ3n) is 4.00. The number of rotatable bonds is 5. The van der Waals surface area contributed by atoms with Crippen LogP contribution < -0.4 is 4.74 Å². The second kappa shape index (κ2) is 7.21. The van der Waals surface area contributed by atoms with Crippen molar-refractivity contribution in [3.63, 3.8) is 0 Å². The Labute approximate surface area is 150 Å². The maximum atomic E-state index is 12.8. The van der Waals surface area contributed by atoms with Gasteiger partial charge in [0.15, 0.2) is 5.78 Å². The number of aromatic nitrogens is 1. The van der Waals surface area contributed by atoms with Gasteiger partial charge in [-0.1, -0.05) is 15.9 Å². The number of Topliss-reactive ketones (excluding diaryl/α,β-unsaturated/α-hetero) is 1. The Morgan fingerprint density at radius 1 is 1.29 bits per heavy atom. The lowest BCUT2D eigenvalue weighted by molar-refractivity contribution is 0.0778. The van der Waals surface area contributed by atoms with Crippen LogP contribution in [0, 0.1) is 13.8 Å². The van der Waals surface area contributed by atoms with Crippen molar-refractivity contribution < 1.29 is 14.3 Å². The molecule has 1 N–H and O–H groups in total. The minimum absolute atomic E-state index is 0.0448. The number of aromatic amines is 1. The van der Waals surface area contributed by atoms with Crippen LogP contribution in [0.2, 0.25) is 0 Å². The van der Waals surface area contributed by atoms with Crippen molar-refractivity contribution in [1.29, 1.82) is 0 Å². The Hall–Kier alpha value is -2.08. The first-order valence-corrected chi connectivity index (χ1v) is 8.33. The van der Waals surface area contributed by atoms with Gasteiger partial charge in [0.05, 0.1) is 7.11 Å². The van der Waals surface area contributed by atoms with Gasteiger partial charge in [0.2, 0.25) is 0 Å². The number of aryl methyl sites for hydroxylation is 1. The van der Waals surface area contributed by atoms with Crippen LogP contribution in [-0.4, -0.2) is 35.7 Å². The van der Waals surface area contributed by atoms with E-state index in [2.05, 4.69) is 20.9 Å². The number of nitrogens with one attached hydrogen (secondary N) is 1. The highest BCUT2D eigenvalue weighted by Crippen LogP contribution is 2.25. The number of H-pyrrole nitrogens is 1. The SMILES string of the molecule is COc1ccc(Br)cc1CN(C)C(=O)c1[nH]c(C)c(C(C)=O)c1C. The van der Waals surface area contributed by atoms with Crippen molar-refractivity contribution in [1.82, 2.24) is 9.88 Å². The van der Waals surface area contributed by atoms with Gasteiger partial charge >= 0.3 is 0 Å². The van der Waals surface area contributed by atoms with E-state index in [0.29, 0.717) is 23.4 Å². The predicted octanol–water partition coefficient (Wildman–Crippen LogP) is 3.88. The van der Waals surface area contributed by atoms with E-state index >= 15 is 0 Å². The maximum absolute atomic E-state index is 12.8.